The van der Waals surface area contributed by atoms with Gasteiger partial charge in [-0.05, 0) is 24.3 Å². The minimum absolute atomic E-state index is 0.102. The number of hydrogen-bond acceptors (Lipinski definition) is 4. The number of nitrogens with one attached hydrogen (secondary N) is 1. The molecule has 120 valence electrons. The van der Waals surface area contributed by atoms with E-state index in [2.05, 4.69) is 21.2 Å². The topological polar surface area (TPSA) is 75.5 Å². The maximum absolute atomic E-state index is 12.3. The molecule has 0 bridgehead atoms. The van der Waals surface area contributed by atoms with Crippen molar-refractivity contribution in [2.75, 3.05) is 24.3 Å². The third-order valence-corrected chi connectivity index (χ3v) is 3.88. The first kappa shape index (κ1) is 17.2. The summed E-state index contributed by atoms with van der Waals surface area (Å²) in [5, 5.41) is 13.9. The maximum Gasteiger partial charge on any atom is 0.294 e. The summed E-state index contributed by atoms with van der Waals surface area (Å²) < 4.78 is 0.772. The average Bonchev–Trinajstić information content (AvgIpc) is 2.48. The normalized spacial score (nSPS) is 10.3. The van der Waals surface area contributed by atoms with Gasteiger partial charge in [0.1, 0.15) is 5.69 Å². The second-order valence-corrected chi connectivity index (χ2v) is 6.26. The van der Waals surface area contributed by atoms with Crippen LogP contribution in [0.3, 0.4) is 0 Å². The summed E-state index contributed by atoms with van der Waals surface area (Å²) >= 11 is 9.36. The van der Waals surface area contributed by atoms with Crippen LogP contribution in [0.4, 0.5) is 17.1 Å². The van der Waals surface area contributed by atoms with Crippen LogP contribution in [0, 0.1) is 10.1 Å². The maximum atomic E-state index is 12.3. The van der Waals surface area contributed by atoms with Crippen LogP contribution in [0.1, 0.15) is 10.4 Å². The minimum Gasteiger partial charge on any atom is -0.372 e. The number of hydrogen-bond donors (Lipinski definition) is 1. The Morgan fingerprint density at radius 3 is 2.57 bits per heavy atom. The molecule has 0 unspecified atom stereocenters. The molecule has 0 saturated heterocycles. The van der Waals surface area contributed by atoms with Gasteiger partial charge in [0.05, 0.1) is 15.6 Å². The summed E-state index contributed by atoms with van der Waals surface area (Å²) in [6.45, 7) is 0. The Bertz CT molecular complexity index is 781. The van der Waals surface area contributed by atoms with Crippen molar-refractivity contribution in [1.82, 2.24) is 0 Å². The number of anilines is 2. The smallest absolute Gasteiger partial charge is 0.294 e. The SMILES string of the molecule is CN(C)c1cc(NC(=O)c2cccc(Br)c2)c(Cl)cc1[N+](=O)[O-]. The van der Waals surface area contributed by atoms with Gasteiger partial charge >= 0.3 is 0 Å². The van der Waals surface area contributed by atoms with Crippen LogP contribution in [-0.4, -0.2) is 24.9 Å². The van der Waals surface area contributed by atoms with Crippen molar-refractivity contribution in [2.24, 2.45) is 0 Å². The molecule has 1 N–H and O–H groups in total. The number of amides is 1. The molecule has 23 heavy (non-hydrogen) atoms. The number of carbonyl (C=O) groups is 1. The fraction of sp³-hybridized carbons (Fsp3) is 0.133. The lowest BCUT2D eigenvalue weighted by Gasteiger charge is -2.15. The lowest BCUT2D eigenvalue weighted by Crippen LogP contribution is -2.15. The number of halogens is 2. The van der Waals surface area contributed by atoms with Gasteiger partial charge in [-0.2, -0.15) is 0 Å². The highest BCUT2D eigenvalue weighted by molar-refractivity contribution is 9.10. The van der Waals surface area contributed by atoms with E-state index >= 15 is 0 Å². The Morgan fingerprint density at radius 1 is 1.30 bits per heavy atom. The van der Waals surface area contributed by atoms with Gasteiger partial charge in [-0.3, -0.25) is 14.9 Å². The Kier molecular flexibility index (Phi) is 5.23. The summed E-state index contributed by atoms with van der Waals surface area (Å²) in [5.41, 5.74) is 0.982. The van der Waals surface area contributed by atoms with Gasteiger partial charge in [-0.15, -0.1) is 0 Å². The van der Waals surface area contributed by atoms with E-state index in [1.54, 1.807) is 43.3 Å². The first-order chi connectivity index (χ1) is 10.8. The number of carbonyl (C=O) groups excluding carboxylic acids is 1. The molecule has 8 heteroatoms. The summed E-state index contributed by atoms with van der Waals surface area (Å²) in [4.78, 5) is 24.5. The second kappa shape index (κ2) is 6.97. The monoisotopic (exact) mass is 397 g/mol. The molecule has 0 aromatic heterocycles. The summed E-state index contributed by atoms with van der Waals surface area (Å²) in [5.74, 6) is -0.355. The molecule has 0 heterocycles. The molecule has 0 saturated carbocycles. The fourth-order valence-corrected chi connectivity index (χ4v) is 2.58. The van der Waals surface area contributed by atoms with Crippen molar-refractivity contribution < 1.29 is 9.72 Å². The van der Waals surface area contributed by atoms with E-state index in [0.717, 1.165) is 4.47 Å². The number of rotatable bonds is 4. The van der Waals surface area contributed by atoms with Crippen LogP contribution >= 0.6 is 27.5 Å². The number of nitro groups is 1. The van der Waals surface area contributed by atoms with Gasteiger partial charge < -0.3 is 10.2 Å². The highest BCUT2D eigenvalue weighted by Crippen LogP contribution is 2.36. The van der Waals surface area contributed by atoms with E-state index in [4.69, 9.17) is 11.6 Å². The van der Waals surface area contributed by atoms with Crippen LogP contribution in [0.15, 0.2) is 40.9 Å². The third kappa shape index (κ3) is 4.00. The quantitative estimate of drug-likeness (QED) is 0.614. The largest absolute Gasteiger partial charge is 0.372 e. The van der Waals surface area contributed by atoms with Crippen molar-refractivity contribution in [3.8, 4) is 0 Å². The predicted octanol–water partition coefficient (Wildman–Crippen LogP) is 4.33. The number of benzene rings is 2. The zero-order chi connectivity index (χ0) is 17.1. The molecular weight excluding hydrogens is 386 g/mol. The minimum atomic E-state index is -0.513. The van der Waals surface area contributed by atoms with E-state index in [0.29, 0.717) is 16.9 Å². The van der Waals surface area contributed by atoms with Crippen LogP contribution in [0.25, 0.3) is 0 Å². The summed E-state index contributed by atoms with van der Waals surface area (Å²) in [6, 6.07) is 9.58. The molecule has 0 fully saturated rings. The Hall–Kier alpha value is -2.12. The van der Waals surface area contributed by atoms with Crippen molar-refractivity contribution in [1.29, 1.82) is 0 Å². The molecule has 2 aromatic rings. The van der Waals surface area contributed by atoms with E-state index in [1.807, 2.05) is 0 Å². The lowest BCUT2D eigenvalue weighted by atomic mass is 10.2. The van der Waals surface area contributed by atoms with E-state index in [-0.39, 0.29) is 16.6 Å². The molecule has 0 spiro atoms. The molecule has 2 rings (SSSR count). The second-order valence-electron chi connectivity index (χ2n) is 4.94. The highest BCUT2D eigenvalue weighted by atomic mass is 79.9. The van der Waals surface area contributed by atoms with Crippen LogP contribution in [0.2, 0.25) is 5.02 Å². The Morgan fingerprint density at radius 2 is 2.00 bits per heavy atom. The first-order valence-electron chi connectivity index (χ1n) is 6.51. The van der Waals surface area contributed by atoms with Crippen molar-refractivity contribution in [2.45, 2.75) is 0 Å². The van der Waals surface area contributed by atoms with E-state index < -0.39 is 4.92 Å². The van der Waals surface area contributed by atoms with Crippen LogP contribution < -0.4 is 10.2 Å². The van der Waals surface area contributed by atoms with Gasteiger partial charge in [0.25, 0.3) is 11.6 Å². The van der Waals surface area contributed by atoms with Gasteiger partial charge in [-0.1, -0.05) is 33.6 Å². The average molecular weight is 399 g/mol. The fourth-order valence-electron chi connectivity index (χ4n) is 1.98. The standard InChI is InChI=1S/C15H13BrClN3O3/c1-19(2)13-8-12(11(17)7-14(13)20(22)23)18-15(21)9-4-3-5-10(16)6-9/h3-8H,1-2H3,(H,18,21). The molecule has 0 aliphatic heterocycles. The highest BCUT2D eigenvalue weighted by Gasteiger charge is 2.20. The molecule has 6 nitrogen and oxygen atoms in total. The molecule has 0 atom stereocenters. The van der Waals surface area contributed by atoms with Crippen LogP contribution in [-0.2, 0) is 0 Å². The summed E-state index contributed by atoms with van der Waals surface area (Å²) in [7, 11) is 3.35. The molecule has 2 aromatic carbocycles. The zero-order valence-electron chi connectivity index (χ0n) is 12.3. The molecule has 0 aliphatic carbocycles. The van der Waals surface area contributed by atoms with Crippen molar-refractivity contribution in [3.05, 3.63) is 61.6 Å². The van der Waals surface area contributed by atoms with E-state index in [1.165, 1.54) is 12.1 Å². The Labute approximate surface area is 146 Å². The molecule has 0 aliphatic rings. The van der Waals surface area contributed by atoms with Gasteiger partial charge in [0, 0.05) is 30.2 Å². The molecule has 0 radical (unpaired) electrons. The van der Waals surface area contributed by atoms with Crippen LogP contribution in [0.5, 0.6) is 0 Å². The first-order valence-corrected chi connectivity index (χ1v) is 7.69. The lowest BCUT2D eigenvalue weighted by molar-refractivity contribution is -0.384. The number of nitrogens with zero attached hydrogens (tertiary/aromatic N) is 2. The van der Waals surface area contributed by atoms with Crippen molar-refractivity contribution >= 4 is 50.5 Å². The molecular formula is C15H13BrClN3O3. The number of nitro benzene ring substituents is 1. The summed E-state index contributed by atoms with van der Waals surface area (Å²) in [6.07, 6.45) is 0. The molecule has 1 amide bonds. The van der Waals surface area contributed by atoms with E-state index in [9.17, 15) is 14.9 Å². The van der Waals surface area contributed by atoms with Gasteiger partial charge in [0.2, 0.25) is 0 Å². The van der Waals surface area contributed by atoms with Gasteiger partial charge in [-0.25, -0.2) is 0 Å². The third-order valence-electron chi connectivity index (χ3n) is 3.08. The van der Waals surface area contributed by atoms with Gasteiger partial charge in [0.15, 0.2) is 0 Å². The van der Waals surface area contributed by atoms with Crippen molar-refractivity contribution in [3.63, 3.8) is 0 Å². The Balaban J connectivity index is 2.38. The zero-order valence-corrected chi connectivity index (χ0v) is 14.7. The predicted molar refractivity (Wildman–Crippen MR) is 94.5 cm³/mol.